The first-order valence-corrected chi connectivity index (χ1v) is 10.3. The molecule has 0 bridgehead atoms. The molecule has 1 aliphatic rings. The molecule has 9 heteroatoms. The van der Waals surface area contributed by atoms with Crippen LogP contribution in [0, 0.1) is 0 Å². The second-order valence-corrected chi connectivity index (χ2v) is 9.80. The Morgan fingerprint density at radius 2 is 1.86 bits per heavy atom. The lowest BCUT2D eigenvalue weighted by atomic mass is 10.3. The van der Waals surface area contributed by atoms with Gasteiger partial charge in [0.1, 0.15) is 0 Å². The maximum atomic E-state index is 12.8. The van der Waals surface area contributed by atoms with Crippen LogP contribution >= 0.6 is 11.6 Å². The molecule has 0 aromatic heterocycles. The molecule has 122 valence electrons. The van der Waals surface area contributed by atoms with E-state index in [1.807, 2.05) is 0 Å². The van der Waals surface area contributed by atoms with Gasteiger partial charge in [0.25, 0.3) is 10.0 Å². The summed E-state index contributed by atoms with van der Waals surface area (Å²) in [6.07, 6.45) is 0.242. The van der Waals surface area contributed by atoms with Gasteiger partial charge in [-0.25, -0.2) is 8.42 Å². The molecule has 0 radical (unpaired) electrons. The lowest BCUT2D eigenvalue weighted by molar-refractivity contribution is 0.355. The Labute approximate surface area is 135 Å². The third-order valence-corrected chi connectivity index (χ3v) is 6.92. The molecule has 0 aliphatic carbocycles. The summed E-state index contributed by atoms with van der Waals surface area (Å²) in [6.45, 7) is 3.32. The molecule has 2 rings (SSSR count). The Morgan fingerprint density at radius 1 is 1.27 bits per heavy atom. The minimum atomic E-state index is -3.92. The summed E-state index contributed by atoms with van der Waals surface area (Å²) in [6, 6.07) is 5.03. The molecular formula is C13H17ClN2O4S2. The van der Waals surface area contributed by atoms with Crippen LogP contribution in [0.1, 0.15) is 20.3 Å². The first-order chi connectivity index (χ1) is 10.1. The predicted octanol–water partition coefficient (Wildman–Crippen LogP) is 1.91. The highest BCUT2D eigenvalue weighted by Crippen LogP contribution is 2.26. The molecule has 22 heavy (non-hydrogen) atoms. The zero-order valence-corrected chi connectivity index (χ0v) is 14.6. The largest absolute Gasteiger partial charge is 0.279 e. The predicted molar refractivity (Wildman–Crippen MR) is 86.3 cm³/mol. The van der Waals surface area contributed by atoms with Gasteiger partial charge in [-0.3, -0.25) is 0 Å². The van der Waals surface area contributed by atoms with Gasteiger partial charge in [-0.15, -0.1) is 0 Å². The van der Waals surface area contributed by atoms with E-state index in [4.69, 9.17) is 11.6 Å². The van der Waals surface area contributed by atoms with Crippen LogP contribution in [0.15, 0.2) is 34.3 Å². The van der Waals surface area contributed by atoms with Gasteiger partial charge < -0.3 is 0 Å². The van der Waals surface area contributed by atoms with Crippen molar-refractivity contribution in [1.82, 2.24) is 4.41 Å². The average Bonchev–Trinajstić information content (AvgIpc) is 2.76. The molecule has 1 fully saturated rings. The summed E-state index contributed by atoms with van der Waals surface area (Å²) >= 11 is 5.77. The van der Waals surface area contributed by atoms with E-state index in [9.17, 15) is 16.8 Å². The van der Waals surface area contributed by atoms with Crippen molar-refractivity contribution in [2.75, 3.05) is 11.5 Å². The molecule has 1 heterocycles. The summed E-state index contributed by atoms with van der Waals surface area (Å²) in [5.41, 5.74) is 0.529. The zero-order valence-electron chi connectivity index (χ0n) is 12.2. The van der Waals surface area contributed by atoms with Crippen LogP contribution in [0.5, 0.6) is 0 Å². The Hall–Kier alpha value is -1.12. The summed E-state index contributed by atoms with van der Waals surface area (Å²) in [4.78, 5) is 0.0335. The Balaban J connectivity index is 2.45. The molecular weight excluding hydrogens is 348 g/mol. The summed E-state index contributed by atoms with van der Waals surface area (Å²) < 4.78 is 49.7. The molecule has 1 aromatic rings. The van der Waals surface area contributed by atoms with E-state index < -0.39 is 25.9 Å². The van der Waals surface area contributed by atoms with Crippen molar-refractivity contribution in [2.24, 2.45) is 5.10 Å². The fourth-order valence-corrected chi connectivity index (χ4v) is 5.64. The molecule has 1 aromatic carbocycles. The number of sulfonamides is 1. The second kappa shape index (κ2) is 6.17. The maximum absolute atomic E-state index is 12.8. The van der Waals surface area contributed by atoms with E-state index in [1.165, 1.54) is 24.3 Å². The number of rotatable bonds is 4. The lowest BCUT2D eigenvalue weighted by Crippen LogP contribution is -2.37. The molecule has 1 aliphatic heterocycles. The van der Waals surface area contributed by atoms with Crippen LogP contribution < -0.4 is 0 Å². The van der Waals surface area contributed by atoms with Crippen LogP contribution in [-0.4, -0.2) is 44.5 Å². The SMILES string of the molecule is CC(C)=NN([C@@H]1CCS(=O)(=O)C1)S(=O)(=O)c1ccc(Cl)cc1. The number of halogens is 1. The molecule has 6 nitrogen and oxygen atoms in total. The van der Waals surface area contributed by atoms with E-state index in [2.05, 4.69) is 5.10 Å². The Bertz CT molecular complexity index is 782. The van der Waals surface area contributed by atoms with Crippen molar-refractivity contribution in [1.29, 1.82) is 0 Å². The smallest absolute Gasteiger partial charge is 0.229 e. The maximum Gasteiger partial charge on any atom is 0.279 e. The van der Waals surface area contributed by atoms with Gasteiger partial charge in [0.15, 0.2) is 9.84 Å². The molecule has 0 unspecified atom stereocenters. The van der Waals surface area contributed by atoms with Gasteiger partial charge in [0.2, 0.25) is 0 Å². The van der Waals surface area contributed by atoms with Crippen LogP contribution in [0.4, 0.5) is 0 Å². The highest BCUT2D eigenvalue weighted by molar-refractivity contribution is 7.92. The van der Waals surface area contributed by atoms with Crippen molar-refractivity contribution in [3.05, 3.63) is 29.3 Å². The number of hydrazone groups is 1. The highest BCUT2D eigenvalue weighted by Gasteiger charge is 2.38. The number of sulfone groups is 1. The molecule has 0 N–H and O–H groups in total. The van der Waals surface area contributed by atoms with Gasteiger partial charge >= 0.3 is 0 Å². The van der Waals surface area contributed by atoms with Crippen molar-refractivity contribution in [2.45, 2.75) is 31.2 Å². The van der Waals surface area contributed by atoms with Crippen molar-refractivity contribution in [3.63, 3.8) is 0 Å². The van der Waals surface area contributed by atoms with Gasteiger partial charge in [0, 0.05) is 10.7 Å². The van der Waals surface area contributed by atoms with Gasteiger partial charge in [0.05, 0.1) is 22.4 Å². The molecule has 1 saturated heterocycles. The number of hydrogen-bond donors (Lipinski definition) is 0. The topological polar surface area (TPSA) is 83.9 Å². The van der Waals surface area contributed by atoms with E-state index in [1.54, 1.807) is 13.8 Å². The molecule has 0 spiro atoms. The monoisotopic (exact) mass is 364 g/mol. The standard InChI is InChI=1S/C13H17ClN2O4S2/c1-10(2)15-16(12-7-8-21(17,18)9-12)22(19,20)13-5-3-11(14)4-6-13/h3-6,12H,7-9H2,1-2H3/t12-/m1/s1. The number of nitrogens with zero attached hydrogens (tertiary/aromatic N) is 2. The van der Waals surface area contributed by atoms with Crippen LogP contribution in [0.3, 0.4) is 0 Å². The fourth-order valence-electron chi connectivity index (χ4n) is 2.19. The minimum absolute atomic E-state index is 0.0252. The normalized spacial score (nSPS) is 20.6. The summed E-state index contributed by atoms with van der Waals surface area (Å²) in [5, 5.41) is 4.48. The molecule has 0 saturated carbocycles. The Kier molecular flexibility index (Phi) is 4.84. The molecule has 1 atom stereocenters. The first kappa shape index (κ1) is 17.2. The first-order valence-electron chi connectivity index (χ1n) is 6.64. The third-order valence-electron chi connectivity index (χ3n) is 3.18. The quantitative estimate of drug-likeness (QED) is 0.603. The van der Waals surface area contributed by atoms with Gasteiger partial charge in [-0.05, 0) is 44.5 Å². The number of hydrogen-bond acceptors (Lipinski definition) is 5. The van der Waals surface area contributed by atoms with Crippen molar-refractivity contribution in [3.8, 4) is 0 Å². The second-order valence-electron chi connectivity index (χ2n) is 5.34. The van der Waals surface area contributed by atoms with Crippen molar-refractivity contribution < 1.29 is 16.8 Å². The van der Waals surface area contributed by atoms with E-state index in [0.29, 0.717) is 10.7 Å². The van der Waals surface area contributed by atoms with Gasteiger partial charge in [-0.1, -0.05) is 11.6 Å². The molecule has 0 amide bonds. The summed E-state index contributed by atoms with van der Waals surface area (Å²) in [7, 11) is -7.15. The zero-order chi connectivity index (χ0) is 16.5. The van der Waals surface area contributed by atoms with E-state index in [0.717, 1.165) is 4.41 Å². The lowest BCUT2D eigenvalue weighted by Gasteiger charge is -2.25. The highest BCUT2D eigenvalue weighted by atomic mass is 35.5. The third kappa shape index (κ3) is 3.80. The Morgan fingerprint density at radius 3 is 2.32 bits per heavy atom. The van der Waals surface area contributed by atoms with E-state index >= 15 is 0 Å². The van der Waals surface area contributed by atoms with Gasteiger partial charge in [-0.2, -0.15) is 17.9 Å². The average molecular weight is 365 g/mol. The minimum Gasteiger partial charge on any atom is -0.229 e. The fraction of sp³-hybridized carbons (Fsp3) is 0.462. The van der Waals surface area contributed by atoms with Crippen LogP contribution in [0.2, 0.25) is 5.02 Å². The van der Waals surface area contributed by atoms with Crippen LogP contribution in [-0.2, 0) is 19.9 Å². The van der Waals surface area contributed by atoms with Crippen LogP contribution in [0.25, 0.3) is 0 Å². The van der Waals surface area contributed by atoms with Crippen molar-refractivity contribution >= 4 is 37.2 Å². The number of benzene rings is 1. The van der Waals surface area contributed by atoms with E-state index in [-0.39, 0.29) is 22.8 Å². The summed E-state index contributed by atoms with van der Waals surface area (Å²) in [5.74, 6) is -0.237.